The van der Waals surface area contributed by atoms with Crippen LogP contribution in [0.5, 0.6) is 0 Å². The summed E-state index contributed by atoms with van der Waals surface area (Å²) >= 11 is 0. The number of hydrogen-bond acceptors (Lipinski definition) is 7. The van der Waals surface area contributed by atoms with Crippen LogP contribution in [-0.4, -0.2) is 24.5 Å². The molecule has 0 radical (unpaired) electrons. The van der Waals surface area contributed by atoms with E-state index in [0.29, 0.717) is 24.5 Å². The molecular weight excluding hydrogens is 592 g/mol. The van der Waals surface area contributed by atoms with Crippen molar-refractivity contribution >= 4 is 27.7 Å². The Morgan fingerprint density at radius 1 is 0.596 bits per heavy atom. The first-order valence-corrected chi connectivity index (χ1v) is 15.1. The first-order valence-electron chi connectivity index (χ1n) is 15.1. The summed E-state index contributed by atoms with van der Waals surface area (Å²) in [5.41, 5.74) is 11.5. The normalized spacial score (nSPS) is 11.1. The second-order valence-corrected chi connectivity index (χ2v) is 10.9. The standard InChI is InChI=1S/C19H17N3O.C18H13N3O3/c20-12-15-10-11-18(23-15)19-16-8-4-5-9-17(16)22(21-19)13-14-6-2-1-3-7-14;22-21(23)17-11-10-16(24-17)18-14-8-4-5-9-15(14)20(19-18)12-13-6-2-1-3-7-13/h1-11H,12-13,20H2;1-11H,12H2. The van der Waals surface area contributed by atoms with E-state index < -0.39 is 4.92 Å². The summed E-state index contributed by atoms with van der Waals surface area (Å²) in [4.78, 5) is 10.3. The third-order valence-electron chi connectivity index (χ3n) is 7.77. The van der Waals surface area contributed by atoms with Gasteiger partial charge in [0.05, 0.1) is 36.7 Å². The fourth-order valence-corrected chi connectivity index (χ4v) is 5.54. The molecule has 4 aromatic heterocycles. The van der Waals surface area contributed by atoms with E-state index in [0.717, 1.165) is 51.1 Å². The molecule has 8 aromatic rings. The summed E-state index contributed by atoms with van der Waals surface area (Å²) in [6.07, 6.45) is 0. The number of para-hydroxylation sites is 2. The number of aromatic nitrogens is 4. The molecule has 0 spiro atoms. The minimum Gasteiger partial charge on any atom is -0.458 e. The molecule has 47 heavy (non-hydrogen) atoms. The molecule has 232 valence electrons. The third kappa shape index (κ3) is 6.18. The number of nitrogens with two attached hydrogens (primary N) is 1. The van der Waals surface area contributed by atoms with Gasteiger partial charge in [-0.25, -0.2) is 0 Å². The number of fused-ring (bicyclic) bond motifs is 2. The molecule has 10 nitrogen and oxygen atoms in total. The summed E-state index contributed by atoms with van der Waals surface area (Å²) < 4.78 is 15.0. The summed E-state index contributed by atoms with van der Waals surface area (Å²) in [5, 5.41) is 22.2. The molecule has 0 fully saturated rings. The van der Waals surface area contributed by atoms with Crippen LogP contribution >= 0.6 is 0 Å². The van der Waals surface area contributed by atoms with Gasteiger partial charge in [0.25, 0.3) is 0 Å². The Morgan fingerprint density at radius 2 is 1.06 bits per heavy atom. The second-order valence-electron chi connectivity index (χ2n) is 10.9. The van der Waals surface area contributed by atoms with Crippen LogP contribution in [0.1, 0.15) is 16.9 Å². The third-order valence-corrected chi connectivity index (χ3v) is 7.77. The zero-order chi connectivity index (χ0) is 32.2. The van der Waals surface area contributed by atoms with Gasteiger partial charge < -0.3 is 14.6 Å². The van der Waals surface area contributed by atoms with Gasteiger partial charge in [-0.3, -0.25) is 19.5 Å². The lowest BCUT2D eigenvalue weighted by Gasteiger charge is -2.03. The second kappa shape index (κ2) is 13.0. The highest BCUT2D eigenvalue weighted by Crippen LogP contribution is 2.32. The first-order chi connectivity index (χ1) is 23.1. The Labute approximate surface area is 269 Å². The molecule has 0 bridgehead atoms. The first kappa shape index (κ1) is 29.5. The van der Waals surface area contributed by atoms with E-state index in [1.54, 1.807) is 6.07 Å². The predicted octanol–water partition coefficient (Wildman–Crippen LogP) is 8.06. The molecule has 10 heteroatoms. The minimum atomic E-state index is -0.549. The van der Waals surface area contributed by atoms with E-state index in [1.807, 2.05) is 106 Å². The summed E-state index contributed by atoms with van der Waals surface area (Å²) in [7, 11) is 0. The number of hydrogen-bond donors (Lipinski definition) is 1. The van der Waals surface area contributed by atoms with E-state index in [2.05, 4.69) is 29.4 Å². The average Bonchev–Trinajstić information content (AvgIpc) is 3.92. The van der Waals surface area contributed by atoms with Crippen molar-refractivity contribution in [2.45, 2.75) is 19.6 Å². The van der Waals surface area contributed by atoms with Gasteiger partial charge >= 0.3 is 5.88 Å². The van der Waals surface area contributed by atoms with Crippen LogP contribution in [0.15, 0.2) is 142 Å². The molecule has 2 N–H and O–H groups in total. The molecule has 0 aliphatic rings. The molecular formula is C37H30N6O4. The van der Waals surface area contributed by atoms with Crippen LogP contribution in [0.3, 0.4) is 0 Å². The number of rotatable bonds is 8. The summed E-state index contributed by atoms with van der Waals surface area (Å²) in [6.45, 7) is 1.73. The van der Waals surface area contributed by atoms with Crippen molar-refractivity contribution in [2.75, 3.05) is 0 Å². The monoisotopic (exact) mass is 622 g/mol. The Hall–Kier alpha value is -6.26. The molecule has 0 amide bonds. The fraction of sp³-hybridized carbons (Fsp3) is 0.0811. The molecule has 0 aliphatic heterocycles. The van der Waals surface area contributed by atoms with Crippen molar-refractivity contribution in [3.05, 3.63) is 160 Å². The maximum absolute atomic E-state index is 10.8. The Bertz CT molecular complexity index is 2280. The number of furan rings is 2. The van der Waals surface area contributed by atoms with Crippen molar-refractivity contribution in [3.63, 3.8) is 0 Å². The molecule has 4 heterocycles. The molecule has 0 atom stereocenters. The van der Waals surface area contributed by atoms with Crippen molar-refractivity contribution < 1.29 is 13.8 Å². The van der Waals surface area contributed by atoms with Gasteiger partial charge in [-0.15, -0.1) is 0 Å². The SMILES string of the molecule is NCc1ccc(-c2nn(Cc3ccccc3)c3ccccc23)o1.O=[N+]([O-])c1ccc(-c2nn(Cc3ccccc3)c3ccccc23)o1. The lowest BCUT2D eigenvalue weighted by atomic mass is 10.2. The molecule has 0 aliphatic carbocycles. The lowest BCUT2D eigenvalue weighted by molar-refractivity contribution is -0.401. The lowest BCUT2D eigenvalue weighted by Crippen LogP contribution is -2.01. The maximum atomic E-state index is 10.8. The Kier molecular flexibility index (Phi) is 8.14. The highest BCUT2D eigenvalue weighted by Gasteiger charge is 2.19. The van der Waals surface area contributed by atoms with Gasteiger partial charge in [-0.2, -0.15) is 10.2 Å². The van der Waals surface area contributed by atoms with Gasteiger partial charge in [0.2, 0.25) is 0 Å². The smallest absolute Gasteiger partial charge is 0.433 e. The summed E-state index contributed by atoms with van der Waals surface area (Å²) in [6, 6.07) is 43.1. The highest BCUT2D eigenvalue weighted by molar-refractivity contribution is 5.93. The van der Waals surface area contributed by atoms with Gasteiger partial charge in [-0.1, -0.05) is 97.1 Å². The average molecular weight is 623 g/mol. The number of nitrogens with zero attached hydrogens (tertiary/aromatic N) is 5. The highest BCUT2D eigenvalue weighted by atomic mass is 16.6. The Morgan fingerprint density at radius 3 is 1.53 bits per heavy atom. The van der Waals surface area contributed by atoms with Gasteiger partial charge in [0.15, 0.2) is 11.5 Å². The minimum absolute atomic E-state index is 0.285. The van der Waals surface area contributed by atoms with Gasteiger partial charge in [0, 0.05) is 10.8 Å². The Balaban J connectivity index is 0.000000150. The molecule has 8 rings (SSSR count). The van der Waals surface area contributed by atoms with Gasteiger partial charge in [-0.05, 0) is 41.5 Å². The molecule has 4 aromatic carbocycles. The van der Waals surface area contributed by atoms with Crippen LogP contribution in [0.2, 0.25) is 0 Å². The van der Waals surface area contributed by atoms with E-state index in [4.69, 9.17) is 19.7 Å². The van der Waals surface area contributed by atoms with Crippen LogP contribution in [0.25, 0.3) is 44.7 Å². The predicted molar refractivity (Wildman–Crippen MR) is 181 cm³/mol. The van der Waals surface area contributed by atoms with E-state index in [9.17, 15) is 10.1 Å². The molecule has 0 saturated heterocycles. The molecule has 0 saturated carbocycles. The van der Waals surface area contributed by atoms with E-state index in [-0.39, 0.29) is 5.88 Å². The zero-order valence-corrected chi connectivity index (χ0v) is 25.3. The van der Waals surface area contributed by atoms with Crippen LogP contribution in [0.4, 0.5) is 5.88 Å². The zero-order valence-electron chi connectivity index (χ0n) is 25.3. The maximum Gasteiger partial charge on any atom is 0.433 e. The number of nitro groups is 1. The topological polar surface area (TPSA) is 131 Å². The largest absolute Gasteiger partial charge is 0.458 e. The van der Waals surface area contributed by atoms with Gasteiger partial charge in [0.1, 0.15) is 22.1 Å². The fourth-order valence-electron chi connectivity index (χ4n) is 5.54. The van der Waals surface area contributed by atoms with Crippen molar-refractivity contribution in [1.29, 1.82) is 0 Å². The van der Waals surface area contributed by atoms with Crippen LogP contribution in [-0.2, 0) is 19.6 Å². The van der Waals surface area contributed by atoms with Crippen molar-refractivity contribution in [2.24, 2.45) is 5.73 Å². The van der Waals surface area contributed by atoms with E-state index >= 15 is 0 Å². The number of benzene rings is 4. The van der Waals surface area contributed by atoms with E-state index in [1.165, 1.54) is 11.6 Å². The quantitative estimate of drug-likeness (QED) is 0.134. The molecule has 0 unspecified atom stereocenters. The summed E-state index contributed by atoms with van der Waals surface area (Å²) in [5.74, 6) is 1.63. The van der Waals surface area contributed by atoms with Crippen molar-refractivity contribution in [1.82, 2.24) is 19.6 Å². The van der Waals surface area contributed by atoms with Crippen molar-refractivity contribution in [3.8, 4) is 22.9 Å². The van der Waals surface area contributed by atoms with Crippen LogP contribution < -0.4 is 5.73 Å². The van der Waals surface area contributed by atoms with Crippen LogP contribution in [0, 0.1) is 10.1 Å².